The maximum absolute atomic E-state index is 13.6. The second kappa shape index (κ2) is 5.98. The van der Waals surface area contributed by atoms with E-state index in [4.69, 9.17) is 10.5 Å². The lowest BCUT2D eigenvalue weighted by molar-refractivity contribution is 0.158. The maximum Gasteiger partial charge on any atom is 0.207 e. The van der Waals surface area contributed by atoms with Crippen molar-refractivity contribution in [3.63, 3.8) is 0 Å². The van der Waals surface area contributed by atoms with Gasteiger partial charge in [-0.1, -0.05) is 0 Å². The second-order valence-electron chi connectivity index (χ2n) is 4.35. The lowest BCUT2D eigenvalue weighted by atomic mass is 10.1. The zero-order chi connectivity index (χ0) is 15.7. The minimum atomic E-state index is -2.23. The highest BCUT2D eigenvalue weighted by atomic mass is 32.1. The van der Waals surface area contributed by atoms with Crippen molar-refractivity contribution in [2.45, 2.75) is 19.1 Å². The first-order chi connectivity index (χ1) is 9.84. The molecule has 0 fully saturated rings. The van der Waals surface area contributed by atoms with Crippen LogP contribution in [0.25, 0.3) is 0 Å². The van der Waals surface area contributed by atoms with Gasteiger partial charge in [0.2, 0.25) is 29.1 Å². The Labute approximate surface area is 121 Å². The van der Waals surface area contributed by atoms with Crippen LogP contribution in [0.4, 0.5) is 22.0 Å². The molecule has 8 heteroatoms. The van der Waals surface area contributed by atoms with Gasteiger partial charge in [0.15, 0.2) is 5.75 Å². The van der Waals surface area contributed by atoms with Gasteiger partial charge < -0.3 is 10.5 Å². The Kier molecular flexibility index (Phi) is 4.48. The molecule has 2 rings (SSSR count). The van der Waals surface area contributed by atoms with Gasteiger partial charge in [-0.05, 0) is 23.8 Å². The standard InChI is InChI=1S/C13H10F5NOS/c1-5(19)12(6-2-3-21-4-6)20-13-10(17)8(15)7(14)9(16)11(13)18/h2-5,12H,19H2,1H3. The average molecular weight is 323 g/mol. The van der Waals surface area contributed by atoms with Gasteiger partial charge in [-0.2, -0.15) is 20.1 Å². The van der Waals surface area contributed by atoms with Gasteiger partial charge in [0.05, 0.1) is 0 Å². The van der Waals surface area contributed by atoms with Crippen LogP contribution in [0.3, 0.4) is 0 Å². The Hall–Kier alpha value is -1.67. The molecule has 1 aromatic carbocycles. The Morgan fingerprint density at radius 3 is 1.95 bits per heavy atom. The van der Waals surface area contributed by atoms with Gasteiger partial charge >= 0.3 is 0 Å². The molecule has 2 aromatic rings. The summed E-state index contributed by atoms with van der Waals surface area (Å²) in [5.74, 6) is -11.7. The average Bonchev–Trinajstić information content (AvgIpc) is 2.96. The van der Waals surface area contributed by atoms with Crippen molar-refractivity contribution in [2.24, 2.45) is 5.73 Å². The third kappa shape index (κ3) is 2.86. The topological polar surface area (TPSA) is 35.2 Å². The van der Waals surface area contributed by atoms with E-state index in [-0.39, 0.29) is 0 Å². The van der Waals surface area contributed by atoms with Crippen molar-refractivity contribution in [1.29, 1.82) is 0 Å². The highest BCUT2D eigenvalue weighted by Gasteiger charge is 2.30. The van der Waals surface area contributed by atoms with Gasteiger partial charge in [0.25, 0.3) is 0 Å². The van der Waals surface area contributed by atoms with E-state index in [9.17, 15) is 22.0 Å². The molecule has 0 saturated heterocycles. The number of ether oxygens (including phenoxy) is 1. The molecule has 2 atom stereocenters. The lowest BCUT2D eigenvalue weighted by Gasteiger charge is -2.22. The van der Waals surface area contributed by atoms with Crippen molar-refractivity contribution in [2.75, 3.05) is 0 Å². The van der Waals surface area contributed by atoms with E-state index in [0.717, 1.165) is 0 Å². The summed E-state index contributed by atoms with van der Waals surface area (Å²) in [5.41, 5.74) is 6.14. The van der Waals surface area contributed by atoms with Crippen LogP contribution in [0.1, 0.15) is 18.6 Å². The zero-order valence-electron chi connectivity index (χ0n) is 10.7. The van der Waals surface area contributed by atoms with Crippen LogP contribution in [0.15, 0.2) is 16.8 Å². The van der Waals surface area contributed by atoms with Gasteiger partial charge in [0.1, 0.15) is 6.10 Å². The minimum Gasteiger partial charge on any atom is -0.478 e. The second-order valence-corrected chi connectivity index (χ2v) is 5.13. The molecule has 114 valence electrons. The van der Waals surface area contributed by atoms with E-state index in [1.165, 1.54) is 18.3 Å². The number of hydrogen-bond donors (Lipinski definition) is 1. The largest absolute Gasteiger partial charge is 0.478 e. The molecule has 2 N–H and O–H groups in total. The van der Waals surface area contributed by atoms with Crippen LogP contribution in [-0.4, -0.2) is 6.04 Å². The van der Waals surface area contributed by atoms with Crippen LogP contribution in [0.2, 0.25) is 0 Å². The Morgan fingerprint density at radius 2 is 1.52 bits per heavy atom. The number of halogens is 5. The van der Waals surface area contributed by atoms with E-state index in [1.54, 1.807) is 16.8 Å². The molecule has 0 aliphatic rings. The number of benzene rings is 1. The summed E-state index contributed by atoms with van der Waals surface area (Å²) in [6.45, 7) is 1.49. The molecular weight excluding hydrogens is 313 g/mol. The van der Waals surface area contributed by atoms with E-state index in [1.807, 2.05) is 0 Å². The molecule has 1 aromatic heterocycles. The fourth-order valence-corrected chi connectivity index (χ4v) is 2.42. The third-order valence-electron chi connectivity index (χ3n) is 2.76. The molecule has 0 radical (unpaired) electrons. The quantitative estimate of drug-likeness (QED) is 0.526. The normalized spacial score (nSPS) is 14.0. The van der Waals surface area contributed by atoms with E-state index >= 15 is 0 Å². The fourth-order valence-electron chi connectivity index (χ4n) is 1.73. The Morgan fingerprint density at radius 1 is 1.00 bits per heavy atom. The molecule has 0 amide bonds. The summed E-state index contributed by atoms with van der Waals surface area (Å²) in [7, 11) is 0. The number of nitrogens with two attached hydrogens (primary N) is 1. The van der Waals surface area contributed by atoms with E-state index in [2.05, 4.69) is 0 Å². The fraction of sp³-hybridized carbons (Fsp3) is 0.231. The molecule has 21 heavy (non-hydrogen) atoms. The Bertz CT molecular complexity index is 616. The highest BCUT2D eigenvalue weighted by molar-refractivity contribution is 7.07. The van der Waals surface area contributed by atoms with Gasteiger partial charge in [0, 0.05) is 11.6 Å². The zero-order valence-corrected chi connectivity index (χ0v) is 11.5. The van der Waals surface area contributed by atoms with E-state index in [0.29, 0.717) is 5.56 Å². The molecule has 2 nitrogen and oxygen atoms in total. The lowest BCUT2D eigenvalue weighted by Crippen LogP contribution is -2.29. The van der Waals surface area contributed by atoms with Crippen molar-refractivity contribution < 1.29 is 26.7 Å². The van der Waals surface area contributed by atoms with Crippen molar-refractivity contribution in [3.8, 4) is 5.75 Å². The molecule has 0 aliphatic heterocycles. The van der Waals surface area contributed by atoms with Crippen LogP contribution in [0, 0.1) is 29.1 Å². The molecular formula is C13H10F5NOS. The summed E-state index contributed by atoms with van der Waals surface area (Å²) >= 11 is 1.28. The maximum atomic E-state index is 13.6. The molecule has 0 bridgehead atoms. The monoisotopic (exact) mass is 323 g/mol. The van der Waals surface area contributed by atoms with Gasteiger partial charge in [-0.15, -0.1) is 0 Å². The molecule has 2 unspecified atom stereocenters. The summed E-state index contributed by atoms with van der Waals surface area (Å²) in [5, 5.41) is 3.28. The summed E-state index contributed by atoms with van der Waals surface area (Å²) < 4.78 is 71.4. The van der Waals surface area contributed by atoms with Crippen LogP contribution in [0.5, 0.6) is 5.75 Å². The van der Waals surface area contributed by atoms with Gasteiger partial charge in [-0.25, -0.2) is 13.2 Å². The number of thiophene rings is 1. The van der Waals surface area contributed by atoms with Crippen molar-refractivity contribution in [3.05, 3.63) is 51.5 Å². The number of rotatable bonds is 4. The predicted molar refractivity (Wildman–Crippen MR) is 67.6 cm³/mol. The third-order valence-corrected chi connectivity index (χ3v) is 3.47. The van der Waals surface area contributed by atoms with Crippen molar-refractivity contribution in [1.82, 2.24) is 0 Å². The van der Waals surface area contributed by atoms with E-state index < -0.39 is 47.0 Å². The molecule has 0 saturated carbocycles. The first kappa shape index (κ1) is 15.7. The smallest absolute Gasteiger partial charge is 0.207 e. The molecule has 1 heterocycles. The van der Waals surface area contributed by atoms with Gasteiger partial charge in [-0.3, -0.25) is 0 Å². The molecule has 0 spiro atoms. The van der Waals surface area contributed by atoms with Crippen LogP contribution >= 0.6 is 11.3 Å². The highest BCUT2D eigenvalue weighted by Crippen LogP contribution is 2.33. The number of hydrogen-bond acceptors (Lipinski definition) is 3. The first-order valence-corrected chi connectivity index (χ1v) is 6.74. The van der Waals surface area contributed by atoms with Crippen LogP contribution in [-0.2, 0) is 0 Å². The molecule has 0 aliphatic carbocycles. The minimum absolute atomic E-state index is 0.485. The summed E-state index contributed by atoms with van der Waals surface area (Å²) in [4.78, 5) is 0. The van der Waals surface area contributed by atoms with Crippen molar-refractivity contribution >= 4 is 11.3 Å². The predicted octanol–water partition coefficient (Wildman–Crippen LogP) is 3.91. The van der Waals surface area contributed by atoms with Crippen LogP contribution < -0.4 is 10.5 Å². The first-order valence-electron chi connectivity index (χ1n) is 5.80. The summed E-state index contributed by atoms with van der Waals surface area (Å²) in [6.07, 6.45) is -1.04. The summed E-state index contributed by atoms with van der Waals surface area (Å²) in [6, 6.07) is 0.861. The Balaban J connectivity index is 2.47. The SMILES string of the molecule is CC(N)C(Oc1c(F)c(F)c(F)c(F)c1F)c1ccsc1.